The first kappa shape index (κ1) is 19.6. The summed E-state index contributed by atoms with van der Waals surface area (Å²) in [5.41, 5.74) is 3.48. The van der Waals surface area contributed by atoms with Crippen LogP contribution in [-0.4, -0.2) is 31.0 Å². The van der Waals surface area contributed by atoms with Gasteiger partial charge in [0.2, 0.25) is 5.91 Å². The third-order valence-electron chi connectivity index (χ3n) is 5.40. The van der Waals surface area contributed by atoms with Gasteiger partial charge in [-0.15, -0.1) is 0 Å². The van der Waals surface area contributed by atoms with Crippen molar-refractivity contribution in [3.63, 3.8) is 0 Å². The average Bonchev–Trinajstić information content (AvgIpc) is 3.39. The molecule has 0 bridgehead atoms. The lowest BCUT2D eigenvalue weighted by Crippen LogP contribution is -2.30. The zero-order valence-corrected chi connectivity index (χ0v) is 17.8. The molecule has 0 saturated heterocycles. The fourth-order valence-electron chi connectivity index (χ4n) is 3.73. The van der Waals surface area contributed by atoms with Crippen molar-refractivity contribution < 1.29 is 4.79 Å². The Labute approximate surface area is 183 Å². The van der Waals surface area contributed by atoms with Crippen molar-refractivity contribution in [3.8, 4) is 5.69 Å². The van der Waals surface area contributed by atoms with Crippen LogP contribution in [0.2, 0.25) is 0 Å². The zero-order chi connectivity index (χ0) is 21.4. The van der Waals surface area contributed by atoms with Gasteiger partial charge in [-0.3, -0.25) is 14.2 Å². The number of nitrogens with zero attached hydrogens (tertiary/aromatic N) is 4. The first-order valence-electron chi connectivity index (χ1n) is 10.1. The van der Waals surface area contributed by atoms with Gasteiger partial charge in [-0.25, -0.2) is 9.67 Å². The summed E-state index contributed by atoms with van der Waals surface area (Å²) in [6.07, 6.45) is 1.80. The highest BCUT2D eigenvalue weighted by Gasteiger charge is 2.29. The van der Waals surface area contributed by atoms with Crippen LogP contribution in [0.5, 0.6) is 0 Å². The van der Waals surface area contributed by atoms with E-state index in [4.69, 9.17) is 4.98 Å². The molecule has 5 rings (SSSR count). The maximum absolute atomic E-state index is 13.2. The van der Waals surface area contributed by atoms with Crippen LogP contribution in [0.3, 0.4) is 0 Å². The molecule has 31 heavy (non-hydrogen) atoms. The van der Waals surface area contributed by atoms with Gasteiger partial charge in [-0.2, -0.15) is 5.10 Å². The minimum atomic E-state index is -0.220. The number of aromatic nitrogens is 4. The van der Waals surface area contributed by atoms with Crippen LogP contribution >= 0.6 is 11.8 Å². The number of carbonyl (C=O) groups is 1. The summed E-state index contributed by atoms with van der Waals surface area (Å²) in [6, 6.07) is 17.5. The van der Waals surface area contributed by atoms with Crippen molar-refractivity contribution in [2.45, 2.75) is 31.1 Å². The summed E-state index contributed by atoms with van der Waals surface area (Å²) < 4.78 is 3.33. The highest BCUT2D eigenvalue weighted by atomic mass is 32.2. The SMILES string of the molecule is Cc1ccc(CNC(=O)CC2CSc3nc4c(cnn4-c4ccccc4)c(=O)n32)cc1. The summed E-state index contributed by atoms with van der Waals surface area (Å²) >= 11 is 1.50. The van der Waals surface area contributed by atoms with Gasteiger partial charge in [0.05, 0.1) is 17.9 Å². The molecule has 1 aliphatic rings. The van der Waals surface area contributed by atoms with Crippen LogP contribution in [0.25, 0.3) is 16.7 Å². The Morgan fingerprint density at radius 3 is 2.71 bits per heavy atom. The molecule has 1 aliphatic heterocycles. The van der Waals surface area contributed by atoms with Crippen LogP contribution in [-0.2, 0) is 11.3 Å². The molecule has 3 heterocycles. The molecule has 8 heteroatoms. The quantitative estimate of drug-likeness (QED) is 0.491. The largest absolute Gasteiger partial charge is 0.352 e. The van der Waals surface area contributed by atoms with E-state index in [1.54, 1.807) is 15.4 Å². The molecule has 0 fully saturated rings. The molecule has 7 nitrogen and oxygen atoms in total. The number of hydrogen-bond donors (Lipinski definition) is 1. The van der Waals surface area contributed by atoms with E-state index in [0.29, 0.717) is 28.5 Å². The van der Waals surface area contributed by atoms with E-state index in [-0.39, 0.29) is 23.9 Å². The minimum Gasteiger partial charge on any atom is -0.352 e. The van der Waals surface area contributed by atoms with Crippen LogP contribution in [0.15, 0.2) is 70.7 Å². The average molecular weight is 432 g/mol. The fourth-order valence-corrected chi connectivity index (χ4v) is 4.86. The molecule has 0 radical (unpaired) electrons. The number of hydrogen-bond acceptors (Lipinski definition) is 5. The summed E-state index contributed by atoms with van der Waals surface area (Å²) in [5.74, 6) is 0.567. The first-order valence-corrected chi connectivity index (χ1v) is 11.1. The number of para-hydroxylation sites is 1. The molecule has 0 spiro atoms. The molecule has 1 amide bonds. The predicted molar refractivity (Wildman–Crippen MR) is 121 cm³/mol. The number of nitrogens with one attached hydrogen (secondary N) is 1. The highest BCUT2D eigenvalue weighted by molar-refractivity contribution is 7.99. The predicted octanol–water partition coefficient (Wildman–Crippen LogP) is 3.24. The molecular formula is C23H21N5O2S. The normalized spacial score (nSPS) is 15.2. The number of fused-ring (bicyclic) bond motifs is 2. The van der Waals surface area contributed by atoms with Gasteiger partial charge < -0.3 is 5.32 Å². The van der Waals surface area contributed by atoms with Gasteiger partial charge in [0.15, 0.2) is 10.8 Å². The lowest BCUT2D eigenvalue weighted by molar-refractivity contribution is -0.121. The van der Waals surface area contributed by atoms with Gasteiger partial charge in [0.1, 0.15) is 5.39 Å². The Morgan fingerprint density at radius 1 is 1.16 bits per heavy atom. The van der Waals surface area contributed by atoms with E-state index in [1.807, 2.05) is 61.5 Å². The lowest BCUT2D eigenvalue weighted by Gasteiger charge is -2.13. The Kier molecular flexibility index (Phi) is 5.07. The molecule has 1 unspecified atom stereocenters. The van der Waals surface area contributed by atoms with Crippen molar-refractivity contribution >= 4 is 28.7 Å². The Bertz CT molecular complexity index is 1310. The maximum atomic E-state index is 13.2. The molecule has 156 valence electrons. The van der Waals surface area contributed by atoms with Crippen molar-refractivity contribution in [1.29, 1.82) is 0 Å². The van der Waals surface area contributed by atoms with Crippen LogP contribution < -0.4 is 10.9 Å². The van der Waals surface area contributed by atoms with Gasteiger partial charge in [0.25, 0.3) is 5.56 Å². The lowest BCUT2D eigenvalue weighted by atomic mass is 10.1. The summed E-state index contributed by atoms with van der Waals surface area (Å²) in [5, 5.41) is 8.42. The molecular weight excluding hydrogens is 410 g/mol. The highest BCUT2D eigenvalue weighted by Crippen LogP contribution is 2.33. The third-order valence-corrected chi connectivity index (χ3v) is 6.50. The van der Waals surface area contributed by atoms with Gasteiger partial charge in [0, 0.05) is 18.7 Å². The second kappa shape index (κ2) is 8.03. The first-order chi connectivity index (χ1) is 15.1. The monoisotopic (exact) mass is 431 g/mol. The summed E-state index contributed by atoms with van der Waals surface area (Å²) in [4.78, 5) is 30.4. The second-order valence-electron chi connectivity index (χ2n) is 7.63. The number of rotatable bonds is 5. The number of benzene rings is 2. The summed E-state index contributed by atoms with van der Waals surface area (Å²) in [7, 11) is 0. The van der Waals surface area contributed by atoms with E-state index in [2.05, 4.69) is 10.4 Å². The van der Waals surface area contributed by atoms with E-state index in [0.717, 1.165) is 11.3 Å². The summed E-state index contributed by atoms with van der Waals surface area (Å²) in [6.45, 7) is 2.51. The van der Waals surface area contributed by atoms with Gasteiger partial charge in [-0.1, -0.05) is 59.8 Å². The fraction of sp³-hybridized carbons (Fsp3) is 0.217. The topological polar surface area (TPSA) is 81.8 Å². The molecule has 0 aliphatic carbocycles. The molecule has 2 aromatic carbocycles. The van der Waals surface area contributed by atoms with Gasteiger partial charge in [-0.05, 0) is 24.6 Å². The van der Waals surface area contributed by atoms with Crippen LogP contribution in [0.4, 0.5) is 0 Å². The number of amides is 1. The van der Waals surface area contributed by atoms with Crippen molar-refractivity contribution in [2.75, 3.05) is 5.75 Å². The Hall–Kier alpha value is -3.39. The Morgan fingerprint density at radius 2 is 1.94 bits per heavy atom. The van der Waals surface area contributed by atoms with Crippen molar-refractivity contribution in [3.05, 3.63) is 82.3 Å². The molecule has 2 aromatic heterocycles. The second-order valence-corrected chi connectivity index (χ2v) is 8.62. The van der Waals surface area contributed by atoms with E-state index >= 15 is 0 Å². The van der Waals surface area contributed by atoms with Crippen molar-refractivity contribution in [1.82, 2.24) is 24.6 Å². The van der Waals surface area contributed by atoms with E-state index < -0.39 is 0 Å². The standard InChI is InChI=1S/C23H21N5O2S/c1-15-7-9-16(10-8-15)12-24-20(29)11-18-14-31-23-26-21-19(22(30)27(18)23)13-25-28(21)17-5-3-2-4-6-17/h2-10,13,18H,11-12,14H2,1H3,(H,24,29). The van der Waals surface area contributed by atoms with Gasteiger partial charge >= 0.3 is 0 Å². The maximum Gasteiger partial charge on any atom is 0.265 e. The molecule has 4 aromatic rings. The van der Waals surface area contributed by atoms with Crippen LogP contribution in [0, 0.1) is 6.92 Å². The third kappa shape index (κ3) is 3.74. The van der Waals surface area contributed by atoms with E-state index in [1.165, 1.54) is 17.3 Å². The number of aryl methyl sites for hydroxylation is 1. The van der Waals surface area contributed by atoms with Crippen molar-refractivity contribution in [2.24, 2.45) is 0 Å². The minimum absolute atomic E-state index is 0.0778. The molecule has 1 atom stereocenters. The zero-order valence-electron chi connectivity index (χ0n) is 17.0. The molecule has 0 saturated carbocycles. The molecule has 1 N–H and O–H groups in total. The number of carbonyl (C=O) groups excluding carboxylic acids is 1. The van der Waals surface area contributed by atoms with E-state index in [9.17, 15) is 9.59 Å². The van der Waals surface area contributed by atoms with Crippen LogP contribution in [0.1, 0.15) is 23.6 Å². The smallest absolute Gasteiger partial charge is 0.265 e. The Balaban J connectivity index is 1.37. The number of thioether (sulfide) groups is 1.